The number of benzene rings is 3. The Morgan fingerprint density at radius 1 is 0.970 bits per heavy atom. The zero-order valence-electron chi connectivity index (χ0n) is 17.9. The van der Waals surface area contributed by atoms with Gasteiger partial charge in [0.15, 0.2) is 10.6 Å². The SMILES string of the molecule is Cc1ccc2c(c1)C(S(=O)(=O)Oc1ccc([S+]3CCCC3)c3ccccc13)=CC(=[N+]=[N-])C2=O. The van der Waals surface area contributed by atoms with E-state index >= 15 is 0 Å². The minimum atomic E-state index is -4.34. The molecule has 0 N–H and O–H groups in total. The zero-order chi connectivity index (χ0) is 23.2. The van der Waals surface area contributed by atoms with Crippen molar-refractivity contribution in [3.8, 4) is 5.75 Å². The van der Waals surface area contributed by atoms with E-state index in [9.17, 15) is 18.7 Å². The first-order valence-electron chi connectivity index (χ1n) is 10.6. The average Bonchev–Trinajstić information content (AvgIpc) is 3.34. The Kier molecular flexibility index (Phi) is 5.44. The molecule has 5 rings (SSSR count). The van der Waals surface area contributed by atoms with Gasteiger partial charge in [0.25, 0.3) is 5.78 Å². The van der Waals surface area contributed by atoms with Crippen LogP contribution >= 0.6 is 0 Å². The molecular weight excluding hydrogens is 456 g/mol. The number of ketones is 1. The number of carbonyl (C=O) groups is 1. The van der Waals surface area contributed by atoms with Crippen molar-refractivity contribution >= 4 is 48.2 Å². The van der Waals surface area contributed by atoms with E-state index in [-0.39, 0.29) is 38.4 Å². The van der Waals surface area contributed by atoms with Crippen LogP contribution in [-0.2, 0) is 21.0 Å². The van der Waals surface area contributed by atoms with E-state index in [1.54, 1.807) is 18.2 Å². The van der Waals surface area contributed by atoms with Gasteiger partial charge in [0.1, 0.15) is 16.4 Å². The van der Waals surface area contributed by atoms with Crippen molar-refractivity contribution in [2.24, 2.45) is 0 Å². The first kappa shape index (κ1) is 21.6. The minimum absolute atomic E-state index is 0.153. The number of aryl methyl sites for hydroxylation is 1. The quantitative estimate of drug-likeness (QED) is 0.239. The number of Topliss-reactive ketones (excluding diaryl/α,β-unsaturated/α-hetero) is 1. The van der Waals surface area contributed by atoms with Crippen molar-refractivity contribution < 1.29 is 22.2 Å². The second kappa shape index (κ2) is 8.30. The molecule has 1 saturated heterocycles. The van der Waals surface area contributed by atoms with Crippen LogP contribution in [0.3, 0.4) is 0 Å². The Morgan fingerprint density at radius 3 is 2.42 bits per heavy atom. The molecule has 0 atom stereocenters. The van der Waals surface area contributed by atoms with Crippen molar-refractivity contribution in [2.45, 2.75) is 24.7 Å². The van der Waals surface area contributed by atoms with Gasteiger partial charge in [-0.1, -0.05) is 29.8 Å². The Balaban J connectivity index is 1.62. The van der Waals surface area contributed by atoms with Crippen LogP contribution in [0.25, 0.3) is 21.2 Å². The highest BCUT2D eigenvalue weighted by atomic mass is 32.2. The van der Waals surface area contributed by atoms with E-state index in [1.165, 1.54) is 23.8 Å². The van der Waals surface area contributed by atoms with E-state index in [0.29, 0.717) is 0 Å². The molecule has 0 unspecified atom stereocenters. The molecule has 166 valence electrons. The summed E-state index contributed by atoms with van der Waals surface area (Å²) >= 11 is 0. The van der Waals surface area contributed by atoms with Crippen LogP contribution in [0.2, 0.25) is 0 Å². The summed E-state index contributed by atoms with van der Waals surface area (Å²) in [6.07, 6.45) is 3.49. The normalized spacial score (nSPS) is 16.5. The fourth-order valence-electron chi connectivity index (χ4n) is 4.35. The Labute approximate surface area is 195 Å². The van der Waals surface area contributed by atoms with Crippen LogP contribution in [0.4, 0.5) is 0 Å². The van der Waals surface area contributed by atoms with Gasteiger partial charge in [-0.05, 0) is 50.1 Å². The third-order valence-corrected chi connectivity index (χ3v) is 9.77. The maximum Gasteiger partial charge on any atom is 0.364 e. The second-order valence-electron chi connectivity index (χ2n) is 8.13. The van der Waals surface area contributed by atoms with Gasteiger partial charge in [0.05, 0.1) is 6.08 Å². The fraction of sp³-hybridized carbons (Fsp3) is 0.200. The number of hydrogen-bond acceptors (Lipinski definition) is 4. The van der Waals surface area contributed by atoms with Crippen LogP contribution in [-0.4, -0.2) is 36.2 Å². The molecule has 0 radical (unpaired) electrons. The van der Waals surface area contributed by atoms with Gasteiger partial charge in [0, 0.05) is 32.8 Å². The van der Waals surface area contributed by atoms with Crippen LogP contribution in [0, 0.1) is 6.92 Å². The maximum absolute atomic E-state index is 13.4. The topological polar surface area (TPSA) is 96.8 Å². The van der Waals surface area contributed by atoms with E-state index < -0.39 is 15.9 Å². The molecule has 1 aliphatic heterocycles. The molecule has 2 aliphatic rings. The first-order valence-corrected chi connectivity index (χ1v) is 13.6. The molecule has 1 fully saturated rings. The lowest BCUT2D eigenvalue weighted by atomic mass is 9.93. The third-order valence-electron chi connectivity index (χ3n) is 5.95. The van der Waals surface area contributed by atoms with Crippen LogP contribution in [0.1, 0.15) is 34.3 Å². The van der Waals surface area contributed by atoms with E-state index in [1.807, 2.05) is 37.3 Å². The number of hydrogen-bond donors (Lipinski definition) is 0. The Morgan fingerprint density at radius 2 is 1.70 bits per heavy atom. The average molecular weight is 478 g/mol. The van der Waals surface area contributed by atoms with Gasteiger partial charge in [-0.2, -0.15) is 13.2 Å². The molecule has 3 aromatic rings. The summed E-state index contributed by atoms with van der Waals surface area (Å²) < 4.78 is 32.5. The van der Waals surface area contributed by atoms with Crippen LogP contribution < -0.4 is 4.18 Å². The smallest absolute Gasteiger partial charge is 0.364 e. The summed E-state index contributed by atoms with van der Waals surface area (Å²) in [6.45, 7) is 1.81. The highest BCUT2D eigenvalue weighted by Gasteiger charge is 2.37. The molecule has 33 heavy (non-hydrogen) atoms. The molecule has 0 saturated carbocycles. The number of carbonyl (C=O) groups excluding carboxylic acids is 1. The van der Waals surface area contributed by atoms with Gasteiger partial charge in [0.2, 0.25) is 0 Å². The monoisotopic (exact) mass is 477 g/mol. The summed E-state index contributed by atoms with van der Waals surface area (Å²) in [7, 11) is -4.18. The summed E-state index contributed by atoms with van der Waals surface area (Å²) in [5, 5.41) is 1.73. The lowest BCUT2D eigenvalue weighted by molar-refractivity contribution is -0.00437. The molecule has 8 heteroatoms. The molecule has 6 nitrogen and oxygen atoms in total. The number of allylic oxidation sites excluding steroid dienone is 1. The lowest BCUT2D eigenvalue weighted by Gasteiger charge is -2.17. The third kappa shape index (κ3) is 3.80. The van der Waals surface area contributed by atoms with Crippen molar-refractivity contribution in [2.75, 3.05) is 11.5 Å². The van der Waals surface area contributed by atoms with Gasteiger partial charge in [-0.25, -0.2) is 0 Å². The number of fused-ring (bicyclic) bond motifs is 2. The van der Waals surface area contributed by atoms with Crippen LogP contribution in [0.15, 0.2) is 65.6 Å². The zero-order valence-corrected chi connectivity index (χ0v) is 19.6. The summed E-state index contributed by atoms with van der Waals surface area (Å²) in [5.41, 5.74) is 10.1. The molecule has 1 heterocycles. The van der Waals surface area contributed by atoms with E-state index in [0.717, 1.165) is 33.9 Å². The molecule has 0 spiro atoms. The van der Waals surface area contributed by atoms with Crippen molar-refractivity contribution in [1.29, 1.82) is 0 Å². The molecule has 0 aromatic heterocycles. The van der Waals surface area contributed by atoms with E-state index in [2.05, 4.69) is 4.79 Å². The maximum atomic E-state index is 13.4. The summed E-state index contributed by atoms with van der Waals surface area (Å²) in [4.78, 5) is 16.6. The molecule has 3 aromatic carbocycles. The highest BCUT2D eigenvalue weighted by molar-refractivity contribution is 7.97. The summed E-state index contributed by atoms with van der Waals surface area (Å²) in [6, 6.07) is 16.2. The van der Waals surface area contributed by atoms with Crippen molar-refractivity contribution in [3.05, 3.63) is 82.9 Å². The standard InChI is InChI=1S/C25H21N2O4S2/c1-16-8-9-19-20(14-16)24(15-21(27-26)25(19)28)33(29,30)31-22-10-11-23(32-12-4-5-13-32)18-7-3-2-6-17(18)22/h2-3,6-11,14-15H,4-5,12-13H2,1H3/q+1. The predicted molar refractivity (Wildman–Crippen MR) is 130 cm³/mol. The number of nitrogens with zero attached hydrogens (tertiary/aromatic N) is 2. The van der Waals surface area contributed by atoms with Gasteiger partial charge >= 0.3 is 15.8 Å². The molecule has 0 bridgehead atoms. The second-order valence-corrected chi connectivity index (χ2v) is 11.9. The van der Waals surface area contributed by atoms with Gasteiger partial charge in [-0.3, -0.25) is 4.79 Å². The Hall–Kier alpha value is -3.19. The Bertz CT molecular complexity index is 1500. The van der Waals surface area contributed by atoms with Crippen LogP contribution in [0.5, 0.6) is 5.75 Å². The van der Waals surface area contributed by atoms with Gasteiger partial charge in [-0.15, -0.1) is 0 Å². The lowest BCUT2D eigenvalue weighted by Crippen LogP contribution is -2.24. The minimum Gasteiger partial charge on any atom is -0.378 e. The molecule has 0 amide bonds. The summed E-state index contributed by atoms with van der Waals surface area (Å²) in [5.74, 6) is 2.00. The molecule has 1 aliphatic carbocycles. The van der Waals surface area contributed by atoms with Crippen molar-refractivity contribution in [1.82, 2.24) is 0 Å². The van der Waals surface area contributed by atoms with Crippen molar-refractivity contribution in [3.63, 3.8) is 0 Å². The predicted octanol–water partition coefficient (Wildman–Crippen LogP) is 4.54. The number of rotatable bonds is 4. The van der Waals surface area contributed by atoms with Gasteiger partial charge < -0.3 is 9.71 Å². The largest absolute Gasteiger partial charge is 0.378 e. The van der Waals surface area contributed by atoms with E-state index in [4.69, 9.17) is 4.18 Å². The fourth-order valence-corrected chi connectivity index (χ4v) is 8.02. The first-order chi connectivity index (χ1) is 15.9. The molecular formula is C25H21N2O4S2+. The highest BCUT2D eigenvalue weighted by Crippen LogP contribution is 2.37.